The maximum atomic E-state index is 4.75. The predicted octanol–water partition coefficient (Wildman–Crippen LogP) is 2.70. The molecule has 23 heavy (non-hydrogen) atoms. The minimum Gasteiger partial charge on any atom is -0.334 e. The molecule has 3 aliphatic rings. The number of benzene rings is 1. The van der Waals surface area contributed by atoms with Gasteiger partial charge in [0, 0.05) is 36.9 Å². The molecule has 0 aliphatic carbocycles. The Labute approximate surface area is 135 Å². The van der Waals surface area contributed by atoms with E-state index in [1.54, 1.807) is 0 Å². The van der Waals surface area contributed by atoms with E-state index in [2.05, 4.69) is 37.3 Å². The molecule has 0 spiro atoms. The fourth-order valence-corrected chi connectivity index (χ4v) is 4.30. The van der Waals surface area contributed by atoms with Gasteiger partial charge in [0.2, 0.25) is 0 Å². The van der Waals surface area contributed by atoms with Crippen LogP contribution in [0.4, 0.5) is 0 Å². The standard InChI is InChI=1S/C18H21N5/c1-21-9-6-19-18(21)14-2-3-15-11-20-23(16(15)10-14)17-12-22-7-4-13(17)5-8-22/h2-3,6,9-11,13,17H,4-5,7-8,12H2,1H3/t17-/m1/s1. The molecular formula is C18H21N5. The van der Waals surface area contributed by atoms with Gasteiger partial charge in [-0.05, 0) is 37.9 Å². The highest BCUT2D eigenvalue weighted by atomic mass is 15.3. The van der Waals surface area contributed by atoms with Crippen LogP contribution in [0.25, 0.3) is 22.3 Å². The Morgan fingerprint density at radius 3 is 2.74 bits per heavy atom. The van der Waals surface area contributed by atoms with Crippen molar-refractivity contribution in [2.45, 2.75) is 18.9 Å². The highest BCUT2D eigenvalue weighted by molar-refractivity contribution is 5.83. The Morgan fingerprint density at radius 2 is 2.04 bits per heavy atom. The molecule has 5 heteroatoms. The van der Waals surface area contributed by atoms with E-state index in [0.29, 0.717) is 6.04 Å². The fourth-order valence-electron chi connectivity index (χ4n) is 4.30. The summed E-state index contributed by atoms with van der Waals surface area (Å²) in [7, 11) is 2.04. The van der Waals surface area contributed by atoms with E-state index in [1.165, 1.54) is 36.8 Å². The van der Waals surface area contributed by atoms with Crippen LogP contribution in [0.15, 0.2) is 36.8 Å². The van der Waals surface area contributed by atoms with Gasteiger partial charge in [-0.15, -0.1) is 0 Å². The van der Waals surface area contributed by atoms with Crippen molar-refractivity contribution in [1.82, 2.24) is 24.2 Å². The molecule has 0 saturated carbocycles. The molecule has 3 fully saturated rings. The Morgan fingerprint density at radius 1 is 1.17 bits per heavy atom. The van der Waals surface area contributed by atoms with Gasteiger partial charge in [-0.2, -0.15) is 5.10 Å². The number of hydrogen-bond acceptors (Lipinski definition) is 3. The van der Waals surface area contributed by atoms with Crippen molar-refractivity contribution < 1.29 is 0 Å². The van der Waals surface area contributed by atoms with Crippen molar-refractivity contribution in [1.29, 1.82) is 0 Å². The third kappa shape index (κ3) is 2.03. The van der Waals surface area contributed by atoms with Crippen molar-refractivity contribution >= 4 is 10.9 Å². The average molecular weight is 307 g/mol. The molecule has 0 N–H and O–H groups in total. The molecule has 3 saturated heterocycles. The maximum absolute atomic E-state index is 4.75. The third-order valence-corrected chi connectivity index (χ3v) is 5.61. The van der Waals surface area contributed by atoms with Crippen LogP contribution in [0, 0.1) is 5.92 Å². The van der Waals surface area contributed by atoms with Crippen LogP contribution in [-0.4, -0.2) is 43.9 Å². The van der Waals surface area contributed by atoms with Crippen LogP contribution >= 0.6 is 0 Å². The van der Waals surface area contributed by atoms with E-state index in [9.17, 15) is 0 Å². The van der Waals surface area contributed by atoms with E-state index in [4.69, 9.17) is 5.10 Å². The fraction of sp³-hybridized carbons (Fsp3) is 0.444. The summed E-state index contributed by atoms with van der Waals surface area (Å²) in [5, 5.41) is 5.97. The Hall–Kier alpha value is -2.14. The lowest BCUT2D eigenvalue weighted by Gasteiger charge is -2.44. The number of hydrogen-bond donors (Lipinski definition) is 0. The van der Waals surface area contributed by atoms with Crippen LogP contribution in [0.1, 0.15) is 18.9 Å². The second kappa shape index (κ2) is 4.93. The molecule has 2 aromatic heterocycles. The van der Waals surface area contributed by atoms with Gasteiger partial charge in [0.05, 0.1) is 17.8 Å². The Kier molecular flexibility index (Phi) is 2.85. The zero-order valence-electron chi connectivity index (χ0n) is 13.4. The summed E-state index contributed by atoms with van der Waals surface area (Å²) < 4.78 is 4.34. The van der Waals surface area contributed by atoms with Crippen molar-refractivity contribution in [3.05, 3.63) is 36.8 Å². The molecule has 0 amide bonds. The van der Waals surface area contributed by atoms with Crippen molar-refractivity contribution in [2.75, 3.05) is 19.6 Å². The topological polar surface area (TPSA) is 38.9 Å². The summed E-state index contributed by atoms with van der Waals surface area (Å²) >= 11 is 0. The lowest BCUT2D eigenvalue weighted by atomic mass is 9.84. The molecular weight excluding hydrogens is 286 g/mol. The predicted molar refractivity (Wildman–Crippen MR) is 90.1 cm³/mol. The van der Waals surface area contributed by atoms with Gasteiger partial charge in [0.1, 0.15) is 5.82 Å². The quantitative estimate of drug-likeness (QED) is 0.731. The summed E-state index contributed by atoms with van der Waals surface area (Å²) in [6, 6.07) is 7.09. The normalized spacial score (nSPS) is 26.9. The van der Waals surface area contributed by atoms with E-state index >= 15 is 0 Å². The zero-order valence-corrected chi connectivity index (χ0v) is 13.4. The second-order valence-corrected chi connectivity index (χ2v) is 6.93. The monoisotopic (exact) mass is 307 g/mol. The van der Waals surface area contributed by atoms with Gasteiger partial charge in [-0.3, -0.25) is 4.68 Å². The number of aromatic nitrogens is 4. The van der Waals surface area contributed by atoms with E-state index in [-0.39, 0.29) is 0 Å². The summed E-state index contributed by atoms with van der Waals surface area (Å²) in [6.07, 6.45) is 8.47. The van der Waals surface area contributed by atoms with E-state index in [1.807, 2.05) is 25.6 Å². The average Bonchev–Trinajstić information content (AvgIpc) is 3.21. The van der Waals surface area contributed by atoms with Crippen LogP contribution in [-0.2, 0) is 7.05 Å². The molecule has 3 aliphatic heterocycles. The van der Waals surface area contributed by atoms with Crippen LogP contribution in [0.2, 0.25) is 0 Å². The maximum Gasteiger partial charge on any atom is 0.139 e. The Balaban J connectivity index is 1.61. The molecule has 5 heterocycles. The number of nitrogens with zero attached hydrogens (tertiary/aromatic N) is 5. The first-order valence-electron chi connectivity index (χ1n) is 8.47. The van der Waals surface area contributed by atoms with Crippen molar-refractivity contribution in [3.63, 3.8) is 0 Å². The molecule has 6 rings (SSSR count). The first-order valence-corrected chi connectivity index (χ1v) is 8.47. The highest BCUT2D eigenvalue weighted by Crippen LogP contribution is 2.37. The largest absolute Gasteiger partial charge is 0.334 e. The molecule has 0 unspecified atom stereocenters. The first-order chi connectivity index (χ1) is 11.3. The molecule has 2 bridgehead atoms. The first kappa shape index (κ1) is 13.3. The van der Waals surface area contributed by atoms with Crippen LogP contribution in [0.3, 0.4) is 0 Å². The van der Waals surface area contributed by atoms with Gasteiger partial charge >= 0.3 is 0 Å². The van der Waals surface area contributed by atoms with Crippen molar-refractivity contribution in [3.8, 4) is 11.4 Å². The zero-order chi connectivity index (χ0) is 15.4. The van der Waals surface area contributed by atoms with Gasteiger partial charge in [-0.1, -0.05) is 12.1 Å². The third-order valence-electron chi connectivity index (χ3n) is 5.61. The smallest absolute Gasteiger partial charge is 0.139 e. The second-order valence-electron chi connectivity index (χ2n) is 6.93. The molecule has 5 nitrogen and oxygen atoms in total. The van der Waals surface area contributed by atoms with Gasteiger partial charge in [-0.25, -0.2) is 4.98 Å². The van der Waals surface area contributed by atoms with E-state index < -0.39 is 0 Å². The Bertz CT molecular complexity index is 853. The SMILES string of the molecule is Cn1ccnc1-c1ccc2cnn([C@@H]3CN4CCC3CC4)c2c1. The van der Waals surface area contributed by atoms with Gasteiger partial charge < -0.3 is 9.47 Å². The number of aryl methyl sites for hydroxylation is 1. The number of imidazole rings is 1. The van der Waals surface area contributed by atoms with Crippen molar-refractivity contribution in [2.24, 2.45) is 13.0 Å². The lowest BCUT2D eigenvalue weighted by molar-refractivity contribution is 0.0534. The van der Waals surface area contributed by atoms with Gasteiger partial charge in [0.25, 0.3) is 0 Å². The molecule has 1 aromatic carbocycles. The molecule has 1 atom stereocenters. The minimum absolute atomic E-state index is 0.520. The van der Waals surface area contributed by atoms with Crippen LogP contribution < -0.4 is 0 Å². The lowest BCUT2D eigenvalue weighted by Crippen LogP contribution is -2.48. The summed E-state index contributed by atoms with van der Waals surface area (Å²) in [5.74, 6) is 1.79. The molecule has 0 radical (unpaired) electrons. The molecule has 118 valence electrons. The summed E-state index contributed by atoms with van der Waals surface area (Å²) in [5.41, 5.74) is 2.40. The van der Waals surface area contributed by atoms with E-state index in [0.717, 1.165) is 23.9 Å². The number of fused-ring (bicyclic) bond motifs is 4. The minimum atomic E-state index is 0.520. The number of rotatable bonds is 2. The number of piperidine rings is 3. The summed E-state index contributed by atoms with van der Waals surface area (Å²) in [6.45, 7) is 3.67. The summed E-state index contributed by atoms with van der Waals surface area (Å²) in [4.78, 5) is 7.07. The van der Waals surface area contributed by atoms with Crippen LogP contribution in [0.5, 0.6) is 0 Å². The van der Waals surface area contributed by atoms with Gasteiger partial charge in [0.15, 0.2) is 0 Å². The molecule has 3 aromatic rings. The highest BCUT2D eigenvalue weighted by Gasteiger charge is 2.36.